The lowest BCUT2D eigenvalue weighted by atomic mass is 10.2. The molecule has 0 bridgehead atoms. The number of nitrogens with one attached hydrogen (secondary N) is 1. The summed E-state index contributed by atoms with van der Waals surface area (Å²) in [5.74, 6) is 0.872. The van der Waals surface area contributed by atoms with E-state index in [9.17, 15) is 0 Å². The predicted molar refractivity (Wildman–Crippen MR) is 79.9 cm³/mol. The van der Waals surface area contributed by atoms with Gasteiger partial charge in [0.25, 0.3) is 0 Å². The van der Waals surface area contributed by atoms with Crippen LogP contribution in [-0.2, 0) is 0 Å². The van der Waals surface area contributed by atoms with E-state index in [1.165, 1.54) is 0 Å². The highest BCUT2D eigenvalue weighted by molar-refractivity contribution is 7.18. The molecule has 2 rings (SSSR count). The first-order valence-corrected chi connectivity index (χ1v) is 7.34. The Labute approximate surface area is 117 Å². The van der Waals surface area contributed by atoms with Gasteiger partial charge in [0.15, 0.2) is 5.01 Å². The number of anilines is 1. The third kappa shape index (κ3) is 3.67. The number of nitrogens with zero attached hydrogens (tertiary/aromatic N) is 2. The first kappa shape index (κ1) is 13.8. The highest BCUT2D eigenvalue weighted by Gasteiger charge is 2.11. The SMILES string of the molecule is CCCOc1ccccc1-c1nnc(NC(C)C)s1. The van der Waals surface area contributed by atoms with Crippen LogP contribution in [-0.4, -0.2) is 22.8 Å². The van der Waals surface area contributed by atoms with Gasteiger partial charge in [-0.2, -0.15) is 0 Å². The summed E-state index contributed by atoms with van der Waals surface area (Å²) in [5, 5.41) is 13.4. The van der Waals surface area contributed by atoms with Gasteiger partial charge in [-0.05, 0) is 32.4 Å². The van der Waals surface area contributed by atoms with Crippen LogP contribution in [0.15, 0.2) is 24.3 Å². The zero-order valence-electron chi connectivity index (χ0n) is 11.5. The van der Waals surface area contributed by atoms with E-state index in [1.54, 1.807) is 11.3 Å². The summed E-state index contributed by atoms with van der Waals surface area (Å²) in [6.07, 6.45) is 0.991. The minimum atomic E-state index is 0.354. The van der Waals surface area contributed by atoms with Crippen LogP contribution in [0.25, 0.3) is 10.6 Å². The summed E-state index contributed by atoms with van der Waals surface area (Å²) < 4.78 is 5.75. The maximum Gasteiger partial charge on any atom is 0.206 e. The van der Waals surface area contributed by atoms with E-state index >= 15 is 0 Å². The molecule has 0 aliphatic carbocycles. The Morgan fingerprint density at radius 3 is 2.79 bits per heavy atom. The van der Waals surface area contributed by atoms with Gasteiger partial charge in [-0.1, -0.05) is 30.4 Å². The van der Waals surface area contributed by atoms with Crippen LogP contribution in [0.1, 0.15) is 27.2 Å². The third-order valence-corrected chi connectivity index (χ3v) is 3.30. The van der Waals surface area contributed by atoms with Gasteiger partial charge in [-0.3, -0.25) is 0 Å². The molecular formula is C14H19N3OS. The van der Waals surface area contributed by atoms with E-state index < -0.39 is 0 Å². The lowest BCUT2D eigenvalue weighted by Crippen LogP contribution is -2.08. The van der Waals surface area contributed by atoms with E-state index in [0.29, 0.717) is 12.6 Å². The van der Waals surface area contributed by atoms with Crippen LogP contribution < -0.4 is 10.1 Å². The molecule has 0 saturated heterocycles. The van der Waals surface area contributed by atoms with Crippen LogP contribution in [0.4, 0.5) is 5.13 Å². The second kappa shape index (κ2) is 6.52. The number of hydrogen-bond donors (Lipinski definition) is 1. The number of para-hydroxylation sites is 1. The molecule has 5 heteroatoms. The summed E-state index contributed by atoms with van der Waals surface area (Å²) in [6, 6.07) is 8.31. The fraction of sp³-hybridized carbons (Fsp3) is 0.429. The van der Waals surface area contributed by atoms with Crippen molar-refractivity contribution in [1.82, 2.24) is 10.2 Å². The van der Waals surface area contributed by atoms with Crippen LogP contribution in [0.5, 0.6) is 5.75 Å². The molecule has 1 aromatic carbocycles. The smallest absolute Gasteiger partial charge is 0.206 e. The predicted octanol–water partition coefficient (Wildman–Crippen LogP) is 3.81. The molecule has 0 aliphatic heterocycles. The van der Waals surface area contributed by atoms with E-state index in [2.05, 4.69) is 36.3 Å². The molecule has 0 saturated carbocycles. The van der Waals surface area contributed by atoms with Gasteiger partial charge in [0.1, 0.15) is 5.75 Å². The quantitative estimate of drug-likeness (QED) is 0.872. The number of benzene rings is 1. The van der Waals surface area contributed by atoms with Crippen molar-refractivity contribution in [1.29, 1.82) is 0 Å². The van der Waals surface area contributed by atoms with E-state index in [4.69, 9.17) is 4.74 Å². The maximum absolute atomic E-state index is 5.75. The molecule has 1 heterocycles. The van der Waals surface area contributed by atoms with Gasteiger partial charge in [-0.15, -0.1) is 10.2 Å². The molecule has 0 radical (unpaired) electrons. The third-order valence-electron chi connectivity index (χ3n) is 2.42. The average molecular weight is 277 g/mol. The largest absolute Gasteiger partial charge is 0.493 e. The van der Waals surface area contributed by atoms with Gasteiger partial charge in [0.05, 0.1) is 12.2 Å². The van der Waals surface area contributed by atoms with E-state index in [0.717, 1.165) is 27.9 Å². The molecule has 0 atom stereocenters. The molecule has 0 amide bonds. The molecule has 1 aromatic heterocycles. The number of ether oxygens (including phenoxy) is 1. The molecule has 0 unspecified atom stereocenters. The monoisotopic (exact) mass is 277 g/mol. The Bertz CT molecular complexity index is 525. The van der Waals surface area contributed by atoms with E-state index in [1.807, 2.05) is 24.3 Å². The Balaban J connectivity index is 2.23. The Morgan fingerprint density at radius 1 is 1.26 bits per heavy atom. The summed E-state index contributed by atoms with van der Waals surface area (Å²) in [7, 11) is 0. The fourth-order valence-corrected chi connectivity index (χ4v) is 2.54. The minimum Gasteiger partial charge on any atom is -0.493 e. The zero-order chi connectivity index (χ0) is 13.7. The molecule has 1 N–H and O–H groups in total. The van der Waals surface area contributed by atoms with Crippen molar-refractivity contribution in [2.24, 2.45) is 0 Å². The molecule has 0 aliphatic rings. The standard InChI is InChI=1S/C14H19N3OS/c1-4-9-18-12-8-6-5-7-11(12)13-16-17-14(19-13)15-10(2)3/h5-8,10H,4,9H2,1-3H3,(H,15,17). The van der Waals surface area contributed by atoms with Gasteiger partial charge in [0.2, 0.25) is 5.13 Å². The summed E-state index contributed by atoms with van der Waals surface area (Å²) in [6.45, 7) is 6.98. The first-order chi connectivity index (χ1) is 9.20. The highest BCUT2D eigenvalue weighted by Crippen LogP contribution is 2.33. The Morgan fingerprint density at radius 2 is 2.05 bits per heavy atom. The highest BCUT2D eigenvalue weighted by atomic mass is 32.1. The lowest BCUT2D eigenvalue weighted by Gasteiger charge is -2.08. The number of aromatic nitrogens is 2. The molecule has 0 spiro atoms. The second-order valence-electron chi connectivity index (χ2n) is 4.56. The Hall–Kier alpha value is -1.62. The van der Waals surface area contributed by atoms with Crippen molar-refractivity contribution in [3.63, 3.8) is 0 Å². The van der Waals surface area contributed by atoms with Crippen molar-refractivity contribution in [2.75, 3.05) is 11.9 Å². The van der Waals surface area contributed by atoms with Crippen LogP contribution in [0, 0.1) is 0 Å². The van der Waals surface area contributed by atoms with E-state index in [-0.39, 0.29) is 0 Å². The van der Waals surface area contributed by atoms with Crippen molar-refractivity contribution in [2.45, 2.75) is 33.2 Å². The fourth-order valence-electron chi connectivity index (χ4n) is 1.62. The number of hydrogen-bond acceptors (Lipinski definition) is 5. The van der Waals surface area contributed by atoms with Gasteiger partial charge >= 0.3 is 0 Å². The topological polar surface area (TPSA) is 47.0 Å². The van der Waals surface area contributed by atoms with Gasteiger partial charge < -0.3 is 10.1 Å². The molecule has 19 heavy (non-hydrogen) atoms. The number of rotatable bonds is 6. The normalized spacial score (nSPS) is 10.7. The lowest BCUT2D eigenvalue weighted by molar-refractivity contribution is 0.318. The molecule has 0 fully saturated rings. The molecule has 102 valence electrons. The average Bonchev–Trinajstić information content (AvgIpc) is 2.84. The van der Waals surface area contributed by atoms with Crippen molar-refractivity contribution in [3.8, 4) is 16.3 Å². The zero-order valence-corrected chi connectivity index (χ0v) is 12.3. The summed E-state index contributed by atoms with van der Waals surface area (Å²) in [5.41, 5.74) is 1.00. The molecule has 2 aromatic rings. The van der Waals surface area contributed by atoms with Crippen molar-refractivity contribution in [3.05, 3.63) is 24.3 Å². The van der Waals surface area contributed by atoms with Gasteiger partial charge in [-0.25, -0.2) is 0 Å². The molecular weight excluding hydrogens is 258 g/mol. The Kier molecular flexibility index (Phi) is 4.74. The summed E-state index contributed by atoms with van der Waals surface area (Å²) >= 11 is 1.55. The molecule has 4 nitrogen and oxygen atoms in total. The summed E-state index contributed by atoms with van der Waals surface area (Å²) in [4.78, 5) is 0. The van der Waals surface area contributed by atoms with Gasteiger partial charge in [0, 0.05) is 6.04 Å². The minimum absolute atomic E-state index is 0.354. The maximum atomic E-state index is 5.75. The first-order valence-electron chi connectivity index (χ1n) is 6.53. The second-order valence-corrected chi connectivity index (χ2v) is 5.53. The van der Waals surface area contributed by atoms with Crippen LogP contribution in [0.3, 0.4) is 0 Å². The van der Waals surface area contributed by atoms with Crippen LogP contribution in [0.2, 0.25) is 0 Å². The van der Waals surface area contributed by atoms with Crippen molar-refractivity contribution < 1.29 is 4.74 Å². The van der Waals surface area contributed by atoms with Crippen molar-refractivity contribution >= 4 is 16.5 Å². The van der Waals surface area contributed by atoms with Crippen LogP contribution >= 0.6 is 11.3 Å².